The second-order valence-electron chi connectivity index (χ2n) is 4.44. The van der Waals surface area contributed by atoms with E-state index in [9.17, 15) is 28.3 Å². The van der Waals surface area contributed by atoms with Crippen LogP contribution < -0.4 is 0 Å². The molecule has 6 atom stereocenters. The average Bonchev–Trinajstić information content (AvgIpc) is 2.60. The molecule has 0 aromatic rings. The van der Waals surface area contributed by atoms with Crippen LogP contribution in [-0.2, 0) is 25.5 Å². The Kier molecular flexibility index (Phi) is 6.63. The normalized spacial score (nSPS) is 34.1. The number of rotatable bonds is 7. The van der Waals surface area contributed by atoms with Gasteiger partial charge in [0.15, 0.2) is 5.25 Å². The van der Waals surface area contributed by atoms with Gasteiger partial charge >= 0.3 is 0 Å². The highest BCUT2D eigenvalue weighted by molar-refractivity contribution is 7.97. The van der Waals surface area contributed by atoms with Crippen molar-refractivity contribution in [2.75, 3.05) is 24.7 Å². The predicted octanol–water partition coefficient (Wildman–Crippen LogP) is -4.10. The van der Waals surface area contributed by atoms with E-state index < -0.39 is 64.2 Å². The lowest BCUT2D eigenvalue weighted by atomic mass is 10.2. The van der Waals surface area contributed by atoms with Crippen molar-refractivity contribution in [2.45, 2.75) is 29.7 Å². The van der Waals surface area contributed by atoms with E-state index in [1.807, 2.05) is 0 Å². The van der Waals surface area contributed by atoms with Gasteiger partial charge in [0.2, 0.25) is 10.4 Å². The summed E-state index contributed by atoms with van der Waals surface area (Å²) in [6.45, 7) is -1.28. The van der Waals surface area contributed by atoms with Gasteiger partial charge in [0.05, 0.1) is 13.2 Å². The fraction of sp³-hybridized carbons (Fsp3) is 1.00. The highest BCUT2D eigenvalue weighted by Gasteiger charge is 2.50. The third-order valence-corrected chi connectivity index (χ3v) is 6.31. The molecular weight excluding hydrogens is 316 g/mol. The smallest absolute Gasteiger partial charge is 0.218 e. The molecule has 1 fully saturated rings. The van der Waals surface area contributed by atoms with Gasteiger partial charge in [-0.15, -0.1) is 0 Å². The minimum absolute atomic E-state index is 0.111. The quantitative estimate of drug-likeness (QED) is 0.176. The summed E-state index contributed by atoms with van der Waals surface area (Å²) in [5.41, 5.74) is 0. The van der Waals surface area contributed by atoms with Crippen molar-refractivity contribution >= 4 is 21.3 Å². The van der Waals surface area contributed by atoms with Crippen LogP contribution in [0.3, 0.4) is 0 Å². The molecule has 0 saturated carbocycles. The van der Waals surface area contributed by atoms with Crippen molar-refractivity contribution in [3.05, 3.63) is 0 Å². The molecule has 0 aromatic heterocycles. The average molecular weight is 334 g/mol. The third kappa shape index (κ3) is 4.79. The fourth-order valence-corrected chi connectivity index (χ4v) is 5.18. The second kappa shape index (κ2) is 7.33. The van der Waals surface area contributed by atoms with Gasteiger partial charge < -0.3 is 30.1 Å². The summed E-state index contributed by atoms with van der Waals surface area (Å²) in [5, 5.41) is 46.3. The van der Waals surface area contributed by atoms with Crippen LogP contribution in [0.4, 0.5) is 0 Å². The van der Waals surface area contributed by atoms with E-state index in [-0.39, 0.29) is 11.5 Å². The van der Waals surface area contributed by atoms with Crippen molar-refractivity contribution in [3.8, 4) is 0 Å². The summed E-state index contributed by atoms with van der Waals surface area (Å²) in [7, 11) is -5.86. The first-order valence-electron chi connectivity index (χ1n) is 5.76. The minimum atomic E-state index is -5.07. The van der Waals surface area contributed by atoms with Crippen LogP contribution in [0.5, 0.6) is 0 Å². The molecule has 1 aliphatic rings. The molecule has 1 aliphatic heterocycles. The Morgan fingerprint density at radius 2 is 1.95 bits per heavy atom. The van der Waals surface area contributed by atoms with Crippen LogP contribution in [0.2, 0.25) is 0 Å². The Labute approximate surface area is 119 Å². The van der Waals surface area contributed by atoms with Gasteiger partial charge in [-0.2, -0.15) is 0 Å². The van der Waals surface area contributed by atoms with Gasteiger partial charge in [-0.05, 0) is 0 Å². The van der Waals surface area contributed by atoms with Crippen LogP contribution >= 0.6 is 0 Å². The first-order valence-corrected chi connectivity index (χ1v) is 8.71. The molecule has 2 unspecified atom stereocenters. The molecule has 11 heteroatoms. The number of aliphatic hydroxyl groups excluding tert-OH is 5. The molecule has 0 aliphatic carbocycles. The maximum atomic E-state index is 10.4. The van der Waals surface area contributed by atoms with Gasteiger partial charge in [-0.3, -0.25) is 4.18 Å². The zero-order valence-electron chi connectivity index (χ0n) is 10.4. The summed E-state index contributed by atoms with van der Waals surface area (Å²) in [4.78, 5) is 0. The zero-order valence-corrected chi connectivity index (χ0v) is 12.0. The second-order valence-corrected chi connectivity index (χ2v) is 7.80. The molecule has 0 aromatic carbocycles. The van der Waals surface area contributed by atoms with Crippen LogP contribution in [0, 0.1) is 0 Å². The molecule has 1 saturated heterocycles. The zero-order chi connectivity index (χ0) is 15.5. The number of hydrogen-bond acceptors (Lipinski definition) is 9. The van der Waals surface area contributed by atoms with Gasteiger partial charge in [0.1, 0.15) is 35.9 Å². The maximum absolute atomic E-state index is 10.4. The minimum Gasteiger partial charge on any atom is -0.726 e. The van der Waals surface area contributed by atoms with Gasteiger partial charge in [-0.1, -0.05) is 0 Å². The van der Waals surface area contributed by atoms with Crippen molar-refractivity contribution in [1.29, 1.82) is 0 Å². The van der Waals surface area contributed by atoms with E-state index in [2.05, 4.69) is 4.18 Å². The molecule has 0 radical (unpaired) electrons. The molecule has 1 rings (SSSR count). The monoisotopic (exact) mass is 334 g/mol. The van der Waals surface area contributed by atoms with Gasteiger partial charge in [-0.25, -0.2) is 8.42 Å². The summed E-state index contributed by atoms with van der Waals surface area (Å²) in [6.07, 6.45) is -5.26. The van der Waals surface area contributed by atoms with Crippen molar-refractivity contribution in [2.24, 2.45) is 0 Å². The predicted molar refractivity (Wildman–Crippen MR) is 67.6 cm³/mol. The third-order valence-electron chi connectivity index (χ3n) is 3.00. The first kappa shape index (κ1) is 18.1. The van der Waals surface area contributed by atoms with Crippen LogP contribution in [0.15, 0.2) is 0 Å². The molecule has 5 N–H and O–H groups in total. The van der Waals surface area contributed by atoms with E-state index in [4.69, 9.17) is 10.2 Å². The molecule has 0 bridgehead atoms. The summed E-state index contributed by atoms with van der Waals surface area (Å²) in [6, 6.07) is 0. The SMILES string of the molecule is O=S(=O)([O-])OC(CO)[C@H](O)C[S+]1C[C@H](O)[C@@H](O)[C@H]1CO. The molecule has 0 spiro atoms. The van der Waals surface area contributed by atoms with Crippen LogP contribution in [-0.4, -0.2) is 92.9 Å². The summed E-state index contributed by atoms with van der Waals surface area (Å²) in [5.74, 6) is 0.0197. The highest BCUT2D eigenvalue weighted by atomic mass is 32.3. The number of hydrogen-bond donors (Lipinski definition) is 5. The Balaban J connectivity index is 2.66. The standard InChI is InChI=1S/C9H18O9S2/c10-1-7(18-20(15,16)17)5(12)3-19-4-6(13)9(14)8(19)2-11/h5-14H,1-4H2/t5-,6+,7?,8-,9-,19?/m1/s1. The van der Waals surface area contributed by atoms with Crippen molar-refractivity contribution in [1.82, 2.24) is 0 Å². The Bertz CT molecular complexity index is 400. The largest absolute Gasteiger partial charge is 0.726 e. The fourth-order valence-electron chi connectivity index (χ4n) is 1.99. The van der Waals surface area contributed by atoms with Crippen LogP contribution in [0.1, 0.15) is 0 Å². The van der Waals surface area contributed by atoms with Crippen LogP contribution in [0.25, 0.3) is 0 Å². The lowest BCUT2D eigenvalue weighted by molar-refractivity contribution is 0.0105. The summed E-state index contributed by atoms with van der Waals surface area (Å²) >= 11 is 0. The maximum Gasteiger partial charge on any atom is 0.218 e. The summed E-state index contributed by atoms with van der Waals surface area (Å²) < 4.78 is 35.4. The van der Waals surface area contributed by atoms with E-state index in [0.717, 1.165) is 0 Å². The Hall–Kier alpha value is 0.0200. The molecule has 20 heavy (non-hydrogen) atoms. The molecule has 9 nitrogen and oxygen atoms in total. The van der Waals surface area contributed by atoms with E-state index >= 15 is 0 Å². The van der Waals surface area contributed by atoms with Gasteiger partial charge in [0, 0.05) is 10.9 Å². The lowest BCUT2D eigenvalue weighted by Crippen LogP contribution is -2.42. The Morgan fingerprint density at radius 3 is 2.40 bits per heavy atom. The molecular formula is C9H18O9S2. The van der Waals surface area contributed by atoms with Crippen molar-refractivity contribution in [3.63, 3.8) is 0 Å². The molecule has 120 valence electrons. The van der Waals surface area contributed by atoms with Gasteiger partial charge in [0.25, 0.3) is 0 Å². The lowest BCUT2D eigenvalue weighted by Gasteiger charge is -2.22. The first-order chi connectivity index (χ1) is 9.19. The van der Waals surface area contributed by atoms with E-state index in [0.29, 0.717) is 0 Å². The Morgan fingerprint density at radius 1 is 1.35 bits per heavy atom. The van der Waals surface area contributed by atoms with E-state index in [1.54, 1.807) is 0 Å². The van der Waals surface area contributed by atoms with E-state index in [1.165, 1.54) is 0 Å². The molecule has 1 heterocycles. The highest BCUT2D eigenvalue weighted by Crippen LogP contribution is 2.25. The number of aliphatic hydroxyl groups is 5. The topological polar surface area (TPSA) is 168 Å². The van der Waals surface area contributed by atoms with Crippen molar-refractivity contribution < 1.29 is 42.7 Å². The molecule has 0 amide bonds.